The van der Waals surface area contributed by atoms with Crippen LogP contribution in [0.2, 0.25) is 0 Å². The van der Waals surface area contributed by atoms with Gasteiger partial charge in [-0.25, -0.2) is 4.39 Å². The summed E-state index contributed by atoms with van der Waals surface area (Å²) in [6, 6.07) is 5.24. The molecule has 0 radical (unpaired) electrons. The maximum atomic E-state index is 13.2. The van der Waals surface area contributed by atoms with E-state index in [0.29, 0.717) is 0 Å². The first-order valence-electron chi connectivity index (χ1n) is 4.08. The van der Waals surface area contributed by atoms with Crippen molar-refractivity contribution in [3.8, 4) is 0 Å². The molecule has 1 N–H and O–H groups in total. The molecule has 2 heteroatoms. The van der Waals surface area contributed by atoms with Gasteiger partial charge in [0.15, 0.2) is 0 Å². The summed E-state index contributed by atoms with van der Waals surface area (Å²) in [5, 5.41) is 3.01. The summed E-state index contributed by atoms with van der Waals surface area (Å²) in [7, 11) is 1.83. The highest BCUT2D eigenvalue weighted by atomic mass is 19.1. The van der Waals surface area contributed by atoms with Gasteiger partial charge in [0.1, 0.15) is 5.82 Å². The first-order chi connectivity index (χ1) is 5.65. The number of aryl methyl sites for hydroxylation is 1. The van der Waals surface area contributed by atoms with Gasteiger partial charge in [0.25, 0.3) is 0 Å². The highest BCUT2D eigenvalue weighted by Gasteiger charge is 2.07. The second kappa shape index (κ2) is 3.68. The Morgan fingerprint density at radius 1 is 1.42 bits per heavy atom. The van der Waals surface area contributed by atoms with Crippen molar-refractivity contribution in [1.29, 1.82) is 0 Å². The van der Waals surface area contributed by atoms with Gasteiger partial charge in [-0.2, -0.15) is 0 Å². The first-order valence-corrected chi connectivity index (χ1v) is 4.08. The average Bonchev–Trinajstić information content (AvgIpc) is 2.08. The van der Waals surface area contributed by atoms with Crippen molar-refractivity contribution in [2.75, 3.05) is 7.05 Å². The molecule has 1 aromatic rings. The normalized spacial score (nSPS) is 13.0. The van der Waals surface area contributed by atoms with E-state index in [0.717, 1.165) is 11.1 Å². The third kappa shape index (κ3) is 1.83. The molecule has 0 saturated heterocycles. The summed E-state index contributed by atoms with van der Waals surface area (Å²) in [6.45, 7) is 3.91. The Morgan fingerprint density at radius 2 is 2.08 bits per heavy atom. The molecule has 0 aliphatic heterocycles. The third-order valence-electron chi connectivity index (χ3n) is 2.05. The maximum Gasteiger partial charge on any atom is 0.127 e. The molecule has 0 unspecified atom stereocenters. The number of nitrogens with one attached hydrogen (secondary N) is 1. The lowest BCUT2D eigenvalue weighted by Crippen LogP contribution is -2.13. The van der Waals surface area contributed by atoms with Crippen LogP contribution in [0.4, 0.5) is 4.39 Å². The van der Waals surface area contributed by atoms with Crippen molar-refractivity contribution in [3.05, 3.63) is 35.1 Å². The Hall–Kier alpha value is -0.890. The van der Waals surface area contributed by atoms with E-state index in [1.807, 2.05) is 27.0 Å². The van der Waals surface area contributed by atoms with Gasteiger partial charge >= 0.3 is 0 Å². The molecule has 1 nitrogen and oxygen atoms in total. The molecule has 0 fully saturated rings. The molecule has 66 valence electrons. The molecule has 0 saturated carbocycles. The van der Waals surface area contributed by atoms with Crippen molar-refractivity contribution >= 4 is 0 Å². The van der Waals surface area contributed by atoms with Crippen molar-refractivity contribution in [1.82, 2.24) is 5.32 Å². The van der Waals surface area contributed by atoms with Crippen LogP contribution in [0, 0.1) is 12.7 Å². The summed E-state index contributed by atoms with van der Waals surface area (Å²) < 4.78 is 13.2. The zero-order valence-electron chi connectivity index (χ0n) is 7.69. The maximum absolute atomic E-state index is 13.2. The second-order valence-electron chi connectivity index (χ2n) is 3.04. The van der Waals surface area contributed by atoms with Crippen LogP contribution in [0.15, 0.2) is 18.2 Å². The van der Waals surface area contributed by atoms with Crippen molar-refractivity contribution in [3.63, 3.8) is 0 Å². The quantitative estimate of drug-likeness (QED) is 0.713. The number of hydrogen-bond acceptors (Lipinski definition) is 1. The van der Waals surface area contributed by atoms with Crippen LogP contribution < -0.4 is 5.32 Å². The minimum absolute atomic E-state index is 0.0740. The largest absolute Gasteiger partial charge is 0.313 e. The standard InChI is InChI=1S/C10H14FN/c1-7-4-5-10(11)9(6-7)8(2)12-3/h4-6,8,12H,1-3H3/t8-/m0/s1. The Kier molecular flexibility index (Phi) is 2.82. The van der Waals surface area contributed by atoms with Crippen LogP contribution >= 0.6 is 0 Å². The van der Waals surface area contributed by atoms with Crippen LogP contribution in [-0.2, 0) is 0 Å². The summed E-state index contributed by atoms with van der Waals surface area (Å²) in [6.07, 6.45) is 0. The molecule has 1 aromatic carbocycles. The fourth-order valence-corrected chi connectivity index (χ4v) is 1.15. The van der Waals surface area contributed by atoms with E-state index in [9.17, 15) is 4.39 Å². The van der Waals surface area contributed by atoms with Crippen LogP contribution in [0.25, 0.3) is 0 Å². The van der Waals surface area contributed by atoms with Crippen LogP contribution in [0.3, 0.4) is 0 Å². The fourth-order valence-electron chi connectivity index (χ4n) is 1.15. The van der Waals surface area contributed by atoms with Crippen LogP contribution in [0.1, 0.15) is 24.1 Å². The van der Waals surface area contributed by atoms with Gasteiger partial charge in [0.2, 0.25) is 0 Å². The zero-order valence-corrected chi connectivity index (χ0v) is 7.69. The predicted molar refractivity (Wildman–Crippen MR) is 48.6 cm³/mol. The lowest BCUT2D eigenvalue weighted by atomic mass is 10.1. The van der Waals surface area contributed by atoms with E-state index in [1.54, 1.807) is 6.07 Å². The molecule has 0 heterocycles. The molecular formula is C10H14FN. The number of halogens is 1. The van der Waals surface area contributed by atoms with E-state index in [-0.39, 0.29) is 11.9 Å². The Morgan fingerprint density at radius 3 is 2.67 bits per heavy atom. The second-order valence-corrected chi connectivity index (χ2v) is 3.04. The highest BCUT2D eigenvalue weighted by molar-refractivity contribution is 5.26. The smallest absolute Gasteiger partial charge is 0.127 e. The number of rotatable bonds is 2. The van der Waals surface area contributed by atoms with Crippen molar-refractivity contribution < 1.29 is 4.39 Å². The van der Waals surface area contributed by atoms with Gasteiger partial charge in [-0.05, 0) is 27.0 Å². The number of hydrogen-bond donors (Lipinski definition) is 1. The van der Waals surface area contributed by atoms with E-state index in [1.165, 1.54) is 6.07 Å². The molecule has 1 atom stereocenters. The lowest BCUT2D eigenvalue weighted by Gasteiger charge is -2.11. The molecule has 0 aromatic heterocycles. The van der Waals surface area contributed by atoms with Crippen molar-refractivity contribution in [2.24, 2.45) is 0 Å². The zero-order chi connectivity index (χ0) is 9.14. The topological polar surface area (TPSA) is 12.0 Å². The van der Waals surface area contributed by atoms with Gasteiger partial charge in [-0.1, -0.05) is 17.7 Å². The summed E-state index contributed by atoms with van der Waals surface area (Å²) in [5.41, 5.74) is 1.83. The Balaban J connectivity index is 3.04. The van der Waals surface area contributed by atoms with E-state index in [4.69, 9.17) is 0 Å². The van der Waals surface area contributed by atoms with Gasteiger partial charge in [0.05, 0.1) is 0 Å². The summed E-state index contributed by atoms with van der Waals surface area (Å²) in [4.78, 5) is 0. The fraction of sp³-hybridized carbons (Fsp3) is 0.400. The van der Waals surface area contributed by atoms with Crippen molar-refractivity contribution in [2.45, 2.75) is 19.9 Å². The molecule has 0 bridgehead atoms. The molecule has 0 aliphatic carbocycles. The van der Waals surface area contributed by atoms with Crippen LogP contribution in [-0.4, -0.2) is 7.05 Å². The summed E-state index contributed by atoms with van der Waals surface area (Å²) in [5.74, 6) is -0.137. The predicted octanol–water partition coefficient (Wildman–Crippen LogP) is 2.41. The van der Waals surface area contributed by atoms with Gasteiger partial charge in [-0.15, -0.1) is 0 Å². The number of benzene rings is 1. The molecule has 0 amide bonds. The SMILES string of the molecule is CN[C@@H](C)c1cc(C)ccc1F. The van der Waals surface area contributed by atoms with E-state index >= 15 is 0 Å². The lowest BCUT2D eigenvalue weighted by molar-refractivity contribution is 0.561. The Labute approximate surface area is 72.6 Å². The minimum Gasteiger partial charge on any atom is -0.313 e. The van der Waals surface area contributed by atoms with E-state index < -0.39 is 0 Å². The molecule has 12 heavy (non-hydrogen) atoms. The summed E-state index contributed by atoms with van der Waals surface area (Å²) >= 11 is 0. The highest BCUT2D eigenvalue weighted by Crippen LogP contribution is 2.17. The Bertz CT molecular complexity index is 271. The molecule has 0 spiro atoms. The molecule has 0 aliphatic rings. The monoisotopic (exact) mass is 167 g/mol. The van der Waals surface area contributed by atoms with Crippen LogP contribution in [0.5, 0.6) is 0 Å². The van der Waals surface area contributed by atoms with Gasteiger partial charge < -0.3 is 5.32 Å². The minimum atomic E-state index is -0.137. The first kappa shape index (κ1) is 9.20. The third-order valence-corrected chi connectivity index (χ3v) is 2.05. The molecular weight excluding hydrogens is 153 g/mol. The molecule has 1 rings (SSSR count). The average molecular weight is 167 g/mol. The van der Waals surface area contributed by atoms with Gasteiger partial charge in [0, 0.05) is 11.6 Å². The van der Waals surface area contributed by atoms with E-state index in [2.05, 4.69) is 5.32 Å². The van der Waals surface area contributed by atoms with Gasteiger partial charge in [-0.3, -0.25) is 0 Å².